The summed E-state index contributed by atoms with van der Waals surface area (Å²) < 4.78 is 50.6. The number of nitrogens with zero attached hydrogens (tertiary/aromatic N) is 1. The predicted octanol–water partition coefficient (Wildman–Crippen LogP) is 5.41. The van der Waals surface area contributed by atoms with E-state index in [9.17, 15) is 22.8 Å². The van der Waals surface area contributed by atoms with Crippen LogP contribution in [0.25, 0.3) is 0 Å². The number of hydrogen-bond donors (Lipinski definition) is 0. The molecule has 3 aromatic carbocycles. The van der Waals surface area contributed by atoms with E-state index in [1.165, 1.54) is 25.1 Å². The largest absolute Gasteiger partial charge is 0.469 e. The van der Waals surface area contributed by atoms with Gasteiger partial charge in [0, 0.05) is 19.2 Å². The highest BCUT2D eigenvalue weighted by Crippen LogP contribution is 2.35. The van der Waals surface area contributed by atoms with Gasteiger partial charge in [0.25, 0.3) is 0 Å². The van der Waals surface area contributed by atoms with E-state index in [1.807, 2.05) is 30.3 Å². The second kappa shape index (κ2) is 10.9. The monoisotopic (exact) mass is 471 g/mol. The molecule has 34 heavy (non-hydrogen) atoms. The number of benzene rings is 3. The summed E-state index contributed by atoms with van der Waals surface area (Å²) in [7, 11) is 2.82. The molecule has 3 rings (SSSR count). The lowest BCUT2D eigenvalue weighted by molar-refractivity contribution is -0.140. The summed E-state index contributed by atoms with van der Waals surface area (Å²) in [5.74, 6) is -0.135. The van der Waals surface area contributed by atoms with Crippen molar-refractivity contribution in [1.82, 2.24) is 4.90 Å². The van der Waals surface area contributed by atoms with Crippen molar-refractivity contribution in [2.45, 2.75) is 25.6 Å². The molecule has 0 aromatic heterocycles. The highest BCUT2D eigenvalue weighted by Gasteiger charge is 2.31. The fraction of sp³-hybridized carbons (Fsp3) is 0.231. The van der Waals surface area contributed by atoms with Crippen LogP contribution >= 0.6 is 0 Å². The van der Waals surface area contributed by atoms with Gasteiger partial charge in [-0.2, -0.15) is 13.2 Å². The van der Waals surface area contributed by atoms with Crippen molar-refractivity contribution >= 4 is 11.9 Å². The van der Waals surface area contributed by atoms with Crippen molar-refractivity contribution in [2.24, 2.45) is 0 Å². The number of halogens is 3. The lowest BCUT2D eigenvalue weighted by Crippen LogP contribution is -2.28. The van der Waals surface area contributed by atoms with Crippen LogP contribution in [0.5, 0.6) is 11.5 Å². The molecule has 1 amide bonds. The Bertz CT molecular complexity index is 1150. The molecule has 0 saturated carbocycles. The fourth-order valence-electron chi connectivity index (χ4n) is 3.31. The van der Waals surface area contributed by atoms with Gasteiger partial charge in [-0.3, -0.25) is 9.59 Å². The standard InChI is InChI=1S/C26H24F3NO4/c1-30(24(31)14-18-7-4-3-5-8-18)17-20-16-21(26(27,28)29)11-12-23(20)34-22-10-6-9-19(13-22)15-25(32)33-2/h3-13,16H,14-15,17H2,1-2H3. The van der Waals surface area contributed by atoms with Gasteiger partial charge in [-0.05, 0) is 41.5 Å². The molecule has 5 nitrogen and oxygen atoms in total. The summed E-state index contributed by atoms with van der Waals surface area (Å²) in [6.45, 7) is -0.0766. The van der Waals surface area contributed by atoms with Gasteiger partial charge in [-0.1, -0.05) is 42.5 Å². The first-order valence-electron chi connectivity index (χ1n) is 10.5. The summed E-state index contributed by atoms with van der Waals surface area (Å²) in [5, 5.41) is 0. The van der Waals surface area contributed by atoms with Crippen LogP contribution in [-0.2, 0) is 39.9 Å². The smallest absolute Gasteiger partial charge is 0.416 e. The number of carbonyl (C=O) groups excluding carboxylic acids is 2. The Morgan fingerprint density at radius 1 is 0.882 bits per heavy atom. The second-order valence-electron chi connectivity index (χ2n) is 7.73. The Morgan fingerprint density at radius 3 is 2.26 bits per heavy atom. The fourth-order valence-corrected chi connectivity index (χ4v) is 3.31. The molecule has 178 valence electrons. The quantitative estimate of drug-likeness (QED) is 0.412. The van der Waals surface area contributed by atoms with Crippen LogP contribution < -0.4 is 4.74 Å². The number of carbonyl (C=O) groups is 2. The highest BCUT2D eigenvalue weighted by molar-refractivity contribution is 5.78. The van der Waals surface area contributed by atoms with Crippen molar-refractivity contribution in [2.75, 3.05) is 14.2 Å². The van der Waals surface area contributed by atoms with Crippen LogP contribution in [0.2, 0.25) is 0 Å². The molecule has 0 bridgehead atoms. The molecule has 0 radical (unpaired) electrons. The average Bonchev–Trinajstić information content (AvgIpc) is 2.80. The Morgan fingerprint density at radius 2 is 1.59 bits per heavy atom. The van der Waals surface area contributed by atoms with Crippen LogP contribution in [0, 0.1) is 0 Å². The van der Waals surface area contributed by atoms with E-state index >= 15 is 0 Å². The van der Waals surface area contributed by atoms with Gasteiger partial charge in [0.05, 0.1) is 25.5 Å². The molecule has 0 aliphatic rings. The Kier molecular flexibility index (Phi) is 7.94. The second-order valence-corrected chi connectivity index (χ2v) is 7.73. The van der Waals surface area contributed by atoms with Gasteiger partial charge in [0.1, 0.15) is 11.5 Å². The van der Waals surface area contributed by atoms with Crippen molar-refractivity contribution in [3.8, 4) is 11.5 Å². The number of alkyl halides is 3. The maximum atomic E-state index is 13.4. The van der Waals surface area contributed by atoms with Crippen LogP contribution in [-0.4, -0.2) is 30.9 Å². The lowest BCUT2D eigenvalue weighted by atomic mass is 10.1. The molecule has 0 saturated heterocycles. The van der Waals surface area contributed by atoms with Gasteiger partial charge >= 0.3 is 12.1 Å². The van der Waals surface area contributed by atoms with E-state index < -0.39 is 17.7 Å². The average molecular weight is 471 g/mol. The van der Waals surface area contributed by atoms with Gasteiger partial charge in [0.2, 0.25) is 5.91 Å². The minimum absolute atomic E-state index is 0.0320. The van der Waals surface area contributed by atoms with Crippen LogP contribution in [0.4, 0.5) is 13.2 Å². The first-order valence-corrected chi connectivity index (χ1v) is 10.5. The molecule has 0 aliphatic carbocycles. The van der Waals surface area contributed by atoms with Crippen LogP contribution in [0.15, 0.2) is 72.8 Å². The van der Waals surface area contributed by atoms with Crippen molar-refractivity contribution in [3.63, 3.8) is 0 Å². The van der Waals surface area contributed by atoms with Gasteiger partial charge in [0.15, 0.2) is 0 Å². The zero-order valence-electron chi connectivity index (χ0n) is 18.8. The van der Waals surface area contributed by atoms with Gasteiger partial charge in [-0.25, -0.2) is 0 Å². The normalized spacial score (nSPS) is 11.1. The van der Waals surface area contributed by atoms with E-state index in [-0.39, 0.29) is 36.6 Å². The first-order chi connectivity index (χ1) is 16.2. The Hall–Kier alpha value is -3.81. The number of likely N-dealkylation sites (N-methyl/N-ethyl adjacent to an activating group) is 1. The van der Waals surface area contributed by atoms with Crippen LogP contribution in [0.1, 0.15) is 22.3 Å². The SMILES string of the molecule is COC(=O)Cc1cccc(Oc2ccc(C(F)(F)F)cc2CN(C)C(=O)Cc2ccccc2)c1. The molecule has 0 atom stereocenters. The summed E-state index contributed by atoms with van der Waals surface area (Å²) in [6.07, 6.45) is -4.38. The summed E-state index contributed by atoms with van der Waals surface area (Å²) in [5.41, 5.74) is 0.811. The minimum atomic E-state index is -4.54. The van der Waals surface area contributed by atoms with Gasteiger partial charge < -0.3 is 14.4 Å². The number of ether oxygens (including phenoxy) is 2. The molecule has 0 aliphatic heterocycles. The molecule has 0 unspecified atom stereocenters. The van der Waals surface area contributed by atoms with E-state index in [4.69, 9.17) is 4.74 Å². The zero-order valence-corrected chi connectivity index (χ0v) is 18.8. The van der Waals surface area contributed by atoms with Crippen LogP contribution in [0.3, 0.4) is 0 Å². The molecule has 8 heteroatoms. The number of hydrogen-bond acceptors (Lipinski definition) is 4. The third-order valence-electron chi connectivity index (χ3n) is 5.12. The molecule has 0 heterocycles. The van der Waals surface area contributed by atoms with Crippen molar-refractivity contribution in [3.05, 3.63) is 95.1 Å². The molecule has 3 aromatic rings. The number of rotatable bonds is 8. The van der Waals surface area contributed by atoms with E-state index in [0.29, 0.717) is 11.3 Å². The van der Waals surface area contributed by atoms with Crippen molar-refractivity contribution < 1.29 is 32.2 Å². The first kappa shape index (κ1) is 24.8. The third kappa shape index (κ3) is 6.84. The van der Waals surface area contributed by atoms with E-state index in [1.54, 1.807) is 24.3 Å². The maximum Gasteiger partial charge on any atom is 0.416 e. The highest BCUT2D eigenvalue weighted by atomic mass is 19.4. The van der Waals surface area contributed by atoms with Crippen molar-refractivity contribution in [1.29, 1.82) is 0 Å². The number of esters is 1. The Labute approximate surface area is 195 Å². The molecule has 0 N–H and O–H groups in total. The van der Waals surface area contributed by atoms with E-state index in [2.05, 4.69) is 4.74 Å². The molecule has 0 fully saturated rings. The summed E-state index contributed by atoms with van der Waals surface area (Å²) in [6, 6.07) is 18.9. The molecular weight excluding hydrogens is 447 g/mol. The number of amides is 1. The predicted molar refractivity (Wildman–Crippen MR) is 120 cm³/mol. The minimum Gasteiger partial charge on any atom is -0.469 e. The van der Waals surface area contributed by atoms with E-state index in [0.717, 1.165) is 17.7 Å². The topological polar surface area (TPSA) is 55.8 Å². The lowest BCUT2D eigenvalue weighted by Gasteiger charge is -2.21. The molecule has 0 spiro atoms. The zero-order chi connectivity index (χ0) is 24.7. The van der Waals surface area contributed by atoms with Gasteiger partial charge in [-0.15, -0.1) is 0 Å². The number of methoxy groups -OCH3 is 1. The summed E-state index contributed by atoms with van der Waals surface area (Å²) >= 11 is 0. The third-order valence-corrected chi connectivity index (χ3v) is 5.12. The molecular formula is C26H24F3NO4. The Balaban J connectivity index is 1.84. The summed E-state index contributed by atoms with van der Waals surface area (Å²) in [4.78, 5) is 25.6. The maximum absolute atomic E-state index is 13.4.